The Morgan fingerprint density at radius 2 is 1.73 bits per heavy atom. The van der Waals surface area contributed by atoms with Crippen LogP contribution >= 0.6 is 0 Å². The van der Waals surface area contributed by atoms with Gasteiger partial charge in [-0.1, -0.05) is 66.7 Å². The fourth-order valence-corrected chi connectivity index (χ4v) is 5.00. The van der Waals surface area contributed by atoms with Gasteiger partial charge < -0.3 is 14.0 Å². The Labute approximate surface area is 218 Å². The van der Waals surface area contributed by atoms with E-state index < -0.39 is 0 Å². The second-order valence-electron chi connectivity index (χ2n) is 9.16. The maximum Gasteiger partial charge on any atom is 0.127 e. The molecule has 0 N–H and O–H groups in total. The number of rotatable bonds is 12. The number of nitrogens with zero attached hydrogens (tertiary/aromatic N) is 3. The average molecular weight is 492 g/mol. The standard InChI is InChI=1S/C32H33N3O2/c1-4-18-35-22-25(13-10-20-37-31-17-8-12-24-11-6-7-14-26(24)31)27-15-9-16-28(32(27)35)29-21-33-34(3)30(29)23-36-19-5-2/h4-9,11-12,14-17,21-22H,1-2,10,13,18-20,23H2,3H3. The summed E-state index contributed by atoms with van der Waals surface area (Å²) in [6.45, 7) is 10.1. The van der Waals surface area contributed by atoms with Gasteiger partial charge >= 0.3 is 0 Å². The lowest BCUT2D eigenvalue weighted by atomic mass is 10.0. The predicted molar refractivity (Wildman–Crippen MR) is 152 cm³/mol. The Morgan fingerprint density at radius 1 is 0.919 bits per heavy atom. The minimum atomic E-state index is 0.481. The Hall–Kier alpha value is -4.09. The predicted octanol–water partition coefficient (Wildman–Crippen LogP) is 7.10. The summed E-state index contributed by atoms with van der Waals surface area (Å²) in [7, 11) is 1.96. The number of aromatic nitrogens is 3. The normalized spacial score (nSPS) is 11.3. The molecule has 0 bridgehead atoms. The van der Waals surface area contributed by atoms with Crippen molar-refractivity contribution in [3.63, 3.8) is 0 Å². The molecule has 2 heterocycles. The molecule has 0 amide bonds. The highest BCUT2D eigenvalue weighted by Gasteiger charge is 2.18. The van der Waals surface area contributed by atoms with E-state index in [0.717, 1.165) is 47.3 Å². The zero-order valence-corrected chi connectivity index (χ0v) is 21.4. The van der Waals surface area contributed by atoms with Gasteiger partial charge in [-0.2, -0.15) is 5.10 Å². The van der Waals surface area contributed by atoms with Crippen molar-refractivity contribution in [2.75, 3.05) is 13.2 Å². The molecule has 5 rings (SSSR count). The van der Waals surface area contributed by atoms with Crippen molar-refractivity contribution in [2.45, 2.75) is 26.0 Å². The zero-order valence-electron chi connectivity index (χ0n) is 21.4. The van der Waals surface area contributed by atoms with Gasteiger partial charge in [0.2, 0.25) is 0 Å². The summed E-state index contributed by atoms with van der Waals surface area (Å²) >= 11 is 0. The van der Waals surface area contributed by atoms with Crippen molar-refractivity contribution in [3.8, 4) is 16.9 Å². The smallest absolute Gasteiger partial charge is 0.127 e. The quantitative estimate of drug-likeness (QED) is 0.138. The van der Waals surface area contributed by atoms with Gasteiger partial charge in [0.1, 0.15) is 5.75 Å². The molecule has 0 fully saturated rings. The average Bonchev–Trinajstić information content (AvgIpc) is 3.47. The molecule has 5 aromatic rings. The first-order chi connectivity index (χ1) is 18.2. The molecule has 0 atom stereocenters. The first-order valence-electron chi connectivity index (χ1n) is 12.7. The molecule has 0 aliphatic rings. The van der Waals surface area contributed by atoms with E-state index in [1.54, 1.807) is 6.08 Å². The minimum absolute atomic E-state index is 0.481. The number of hydrogen-bond acceptors (Lipinski definition) is 3. The third-order valence-corrected chi connectivity index (χ3v) is 6.73. The van der Waals surface area contributed by atoms with Crippen LogP contribution in [0.5, 0.6) is 5.75 Å². The van der Waals surface area contributed by atoms with Crippen molar-refractivity contribution in [1.82, 2.24) is 14.3 Å². The van der Waals surface area contributed by atoms with Crippen molar-refractivity contribution in [2.24, 2.45) is 7.05 Å². The number of fused-ring (bicyclic) bond motifs is 2. The summed E-state index contributed by atoms with van der Waals surface area (Å²) in [5.74, 6) is 0.942. The summed E-state index contributed by atoms with van der Waals surface area (Å²) in [6, 6.07) is 21.1. The number of para-hydroxylation sites is 1. The molecule has 37 heavy (non-hydrogen) atoms. The van der Waals surface area contributed by atoms with Crippen LogP contribution in [0.3, 0.4) is 0 Å². The fourth-order valence-electron chi connectivity index (χ4n) is 5.00. The van der Waals surface area contributed by atoms with E-state index in [-0.39, 0.29) is 0 Å². The van der Waals surface area contributed by atoms with E-state index in [1.807, 2.05) is 24.0 Å². The van der Waals surface area contributed by atoms with Crippen LogP contribution < -0.4 is 4.74 Å². The lowest BCUT2D eigenvalue weighted by molar-refractivity contribution is 0.143. The number of ether oxygens (including phenoxy) is 2. The van der Waals surface area contributed by atoms with Gasteiger partial charge in [-0.3, -0.25) is 4.68 Å². The summed E-state index contributed by atoms with van der Waals surface area (Å²) in [4.78, 5) is 0. The lowest BCUT2D eigenvalue weighted by Crippen LogP contribution is -2.03. The molecular formula is C32H33N3O2. The van der Waals surface area contributed by atoms with Crippen LogP contribution in [0.1, 0.15) is 17.7 Å². The van der Waals surface area contributed by atoms with Gasteiger partial charge in [0.15, 0.2) is 0 Å². The molecule has 188 valence electrons. The summed E-state index contributed by atoms with van der Waals surface area (Å²) in [5.41, 5.74) is 5.80. The van der Waals surface area contributed by atoms with Crippen molar-refractivity contribution in [1.29, 1.82) is 0 Å². The van der Waals surface area contributed by atoms with Crippen LogP contribution in [-0.2, 0) is 31.4 Å². The maximum absolute atomic E-state index is 6.21. The summed E-state index contributed by atoms with van der Waals surface area (Å²) < 4.78 is 16.2. The maximum atomic E-state index is 6.21. The monoisotopic (exact) mass is 491 g/mol. The van der Waals surface area contributed by atoms with Gasteiger partial charge in [-0.15, -0.1) is 13.2 Å². The Balaban J connectivity index is 1.40. The number of aryl methyl sites for hydroxylation is 2. The van der Waals surface area contributed by atoms with Crippen LogP contribution in [0.2, 0.25) is 0 Å². The van der Waals surface area contributed by atoms with E-state index >= 15 is 0 Å². The molecule has 0 saturated heterocycles. The highest BCUT2D eigenvalue weighted by atomic mass is 16.5. The second kappa shape index (κ2) is 11.3. The largest absolute Gasteiger partial charge is 0.493 e. The molecule has 0 unspecified atom stereocenters. The van der Waals surface area contributed by atoms with Gasteiger partial charge in [0.05, 0.1) is 37.2 Å². The number of allylic oxidation sites excluding steroid dienone is 1. The Morgan fingerprint density at radius 3 is 2.59 bits per heavy atom. The van der Waals surface area contributed by atoms with E-state index in [0.29, 0.717) is 19.8 Å². The third-order valence-electron chi connectivity index (χ3n) is 6.73. The molecule has 2 aromatic heterocycles. The molecule has 0 radical (unpaired) electrons. The van der Waals surface area contributed by atoms with Crippen LogP contribution in [0.4, 0.5) is 0 Å². The van der Waals surface area contributed by atoms with E-state index in [9.17, 15) is 0 Å². The minimum Gasteiger partial charge on any atom is -0.493 e. The molecule has 5 nitrogen and oxygen atoms in total. The molecule has 3 aromatic carbocycles. The SMILES string of the molecule is C=CCOCc1c(-c2cccc3c(CCCOc4cccc5ccccc45)cn(CC=C)c23)cnn1C. The number of benzene rings is 3. The van der Waals surface area contributed by atoms with Crippen LogP contribution in [0.15, 0.2) is 98.4 Å². The van der Waals surface area contributed by atoms with E-state index in [2.05, 4.69) is 89.7 Å². The highest BCUT2D eigenvalue weighted by molar-refractivity contribution is 5.97. The van der Waals surface area contributed by atoms with Crippen molar-refractivity contribution >= 4 is 21.7 Å². The summed E-state index contributed by atoms with van der Waals surface area (Å²) in [6.07, 6.45) is 9.76. The molecule has 0 aliphatic heterocycles. The second-order valence-corrected chi connectivity index (χ2v) is 9.16. The fraction of sp³-hybridized carbons (Fsp3) is 0.219. The zero-order chi connectivity index (χ0) is 25.6. The van der Waals surface area contributed by atoms with Gasteiger partial charge in [0, 0.05) is 41.7 Å². The molecule has 5 heteroatoms. The van der Waals surface area contributed by atoms with Crippen LogP contribution in [0.25, 0.3) is 32.8 Å². The number of hydrogen-bond donors (Lipinski definition) is 0. The molecule has 0 aliphatic carbocycles. The van der Waals surface area contributed by atoms with Crippen LogP contribution in [-0.4, -0.2) is 27.6 Å². The third kappa shape index (κ3) is 5.09. The van der Waals surface area contributed by atoms with E-state index in [1.165, 1.54) is 21.9 Å². The van der Waals surface area contributed by atoms with Crippen molar-refractivity contribution in [3.05, 3.63) is 110 Å². The highest BCUT2D eigenvalue weighted by Crippen LogP contribution is 2.34. The lowest BCUT2D eigenvalue weighted by Gasteiger charge is -2.11. The van der Waals surface area contributed by atoms with Crippen LogP contribution in [0, 0.1) is 0 Å². The van der Waals surface area contributed by atoms with E-state index in [4.69, 9.17) is 9.47 Å². The summed E-state index contributed by atoms with van der Waals surface area (Å²) in [5, 5.41) is 8.15. The van der Waals surface area contributed by atoms with Gasteiger partial charge in [0.25, 0.3) is 0 Å². The molecule has 0 saturated carbocycles. The first-order valence-corrected chi connectivity index (χ1v) is 12.7. The first kappa shape index (κ1) is 24.6. The Bertz CT molecular complexity index is 1540. The molecular weight excluding hydrogens is 458 g/mol. The Kier molecular flexibility index (Phi) is 7.52. The van der Waals surface area contributed by atoms with Gasteiger partial charge in [-0.25, -0.2) is 0 Å². The molecule has 0 spiro atoms. The topological polar surface area (TPSA) is 41.2 Å². The van der Waals surface area contributed by atoms with Gasteiger partial charge in [-0.05, 0) is 29.9 Å². The van der Waals surface area contributed by atoms with Crippen molar-refractivity contribution < 1.29 is 9.47 Å².